The van der Waals surface area contributed by atoms with Crippen molar-refractivity contribution in [3.63, 3.8) is 0 Å². The van der Waals surface area contributed by atoms with Gasteiger partial charge in [0.1, 0.15) is 12.7 Å². The minimum absolute atomic E-state index is 0.0490. The Balaban J connectivity index is 1.55. The molecule has 0 radical (unpaired) electrons. The van der Waals surface area contributed by atoms with Crippen LogP contribution in [0.25, 0.3) is 0 Å². The number of fused-ring (bicyclic) bond motifs is 1. The maximum absolute atomic E-state index is 13.1. The van der Waals surface area contributed by atoms with E-state index in [2.05, 4.69) is 15.6 Å². The fraction of sp³-hybridized carbons (Fsp3) is 0.136. The second-order valence-electron chi connectivity index (χ2n) is 6.53. The zero-order chi connectivity index (χ0) is 19.3. The molecule has 2 heterocycles. The fourth-order valence-electron chi connectivity index (χ4n) is 3.26. The Morgan fingerprint density at radius 2 is 1.75 bits per heavy atom. The number of carbonyl (C=O) groups excluding carboxylic acids is 2. The Kier molecular flexibility index (Phi) is 5.01. The molecule has 0 fully saturated rings. The molecule has 3 aromatic rings. The van der Waals surface area contributed by atoms with Crippen LogP contribution in [0.1, 0.15) is 27.8 Å². The summed E-state index contributed by atoms with van der Waals surface area (Å²) in [6, 6.07) is 22.5. The van der Waals surface area contributed by atoms with Gasteiger partial charge in [-0.3, -0.25) is 14.6 Å². The Bertz CT molecular complexity index is 976. The van der Waals surface area contributed by atoms with Crippen molar-refractivity contribution >= 4 is 17.5 Å². The molecule has 28 heavy (non-hydrogen) atoms. The van der Waals surface area contributed by atoms with E-state index >= 15 is 0 Å². The number of benzene rings is 2. The Hall–Kier alpha value is -3.67. The van der Waals surface area contributed by atoms with Crippen LogP contribution in [0.15, 0.2) is 79.0 Å². The molecule has 0 aliphatic carbocycles. The van der Waals surface area contributed by atoms with Crippen LogP contribution in [-0.2, 0) is 11.3 Å². The van der Waals surface area contributed by atoms with E-state index in [1.165, 1.54) is 0 Å². The van der Waals surface area contributed by atoms with Gasteiger partial charge in [0, 0.05) is 11.9 Å². The minimum Gasteiger partial charge on any atom is -0.361 e. The van der Waals surface area contributed by atoms with E-state index in [1.807, 2.05) is 66.7 Å². The normalized spacial score (nSPS) is 15.5. The maximum Gasteiger partial charge on any atom is 0.258 e. The lowest BCUT2D eigenvalue weighted by atomic mass is 10.0. The number of nitrogens with one attached hydrogen (secondary N) is 2. The van der Waals surface area contributed by atoms with Crippen molar-refractivity contribution in [2.75, 3.05) is 11.9 Å². The van der Waals surface area contributed by atoms with Gasteiger partial charge in [-0.05, 0) is 29.8 Å². The summed E-state index contributed by atoms with van der Waals surface area (Å²) >= 11 is 0. The Morgan fingerprint density at radius 1 is 1.00 bits per heavy atom. The SMILES string of the molecule is O=C(CN1C(=O)c2ccccc2NC1c1ccccc1)NCc1ccccn1. The van der Waals surface area contributed by atoms with E-state index in [9.17, 15) is 9.59 Å². The standard InChI is InChI=1S/C22H20N4O2/c27-20(24-14-17-10-6-7-13-23-17)15-26-21(16-8-2-1-3-9-16)25-19-12-5-4-11-18(19)22(26)28/h1-13,21,25H,14-15H2,(H,24,27). The third-order valence-corrected chi connectivity index (χ3v) is 4.64. The van der Waals surface area contributed by atoms with Gasteiger partial charge < -0.3 is 15.5 Å². The van der Waals surface area contributed by atoms with Gasteiger partial charge in [0.2, 0.25) is 5.91 Å². The van der Waals surface area contributed by atoms with Crippen molar-refractivity contribution in [2.45, 2.75) is 12.7 Å². The minimum atomic E-state index is -0.413. The van der Waals surface area contributed by atoms with Crippen LogP contribution in [-0.4, -0.2) is 28.2 Å². The maximum atomic E-state index is 13.1. The number of pyridine rings is 1. The van der Waals surface area contributed by atoms with Crippen LogP contribution >= 0.6 is 0 Å². The van der Waals surface area contributed by atoms with Crippen molar-refractivity contribution in [2.24, 2.45) is 0 Å². The largest absolute Gasteiger partial charge is 0.361 e. The number of hydrogen-bond donors (Lipinski definition) is 2. The Labute approximate surface area is 163 Å². The summed E-state index contributed by atoms with van der Waals surface area (Å²) in [6.07, 6.45) is 1.27. The highest BCUT2D eigenvalue weighted by Gasteiger charge is 2.33. The van der Waals surface area contributed by atoms with Gasteiger partial charge in [-0.2, -0.15) is 0 Å². The van der Waals surface area contributed by atoms with Gasteiger partial charge in [-0.15, -0.1) is 0 Å². The van der Waals surface area contributed by atoms with E-state index in [-0.39, 0.29) is 18.4 Å². The lowest BCUT2D eigenvalue weighted by molar-refractivity contribution is -0.122. The van der Waals surface area contributed by atoms with Gasteiger partial charge in [-0.25, -0.2) is 0 Å². The van der Waals surface area contributed by atoms with Crippen molar-refractivity contribution in [1.82, 2.24) is 15.2 Å². The average molecular weight is 372 g/mol. The molecule has 0 saturated heterocycles. The summed E-state index contributed by atoms with van der Waals surface area (Å²) in [5.74, 6) is -0.405. The molecule has 1 aromatic heterocycles. The number of carbonyl (C=O) groups is 2. The van der Waals surface area contributed by atoms with Crippen LogP contribution < -0.4 is 10.6 Å². The number of nitrogens with zero attached hydrogens (tertiary/aromatic N) is 2. The van der Waals surface area contributed by atoms with Gasteiger partial charge in [0.25, 0.3) is 5.91 Å². The molecule has 2 amide bonds. The molecule has 6 nitrogen and oxygen atoms in total. The molecule has 0 spiro atoms. The van der Waals surface area contributed by atoms with Gasteiger partial charge in [0.05, 0.1) is 17.8 Å². The molecular formula is C22H20N4O2. The van der Waals surface area contributed by atoms with Crippen molar-refractivity contribution in [3.05, 3.63) is 95.8 Å². The highest BCUT2D eigenvalue weighted by Crippen LogP contribution is 2.32. The summed E-state index contributed by atoms with van der Waals surface area (Å²) in [5.41, 5.74) is 3.02. The summed E-state index contributed by atoms with van der Waals surface area (Å²) in [6.45, 7) is 0.272. The van der Waals surface area contributed by atoms with E-state index in [0.29, 0.717) is 12.1 Å². The summed E-state index contributed by atoms with van der Waals surface area (Å²) in [4.78, 5) is 31.4. The van der Waals surface area contributed by atoms with Crippen LogP contribution in [0.3, 0.4) is 0 Å². The second-order valence-corrected chi connectivity index (χ2v) is 6.53. The molecule has 1 aliphatic heterocycles. The number of hydrogen-bond acceptors (Lipinski definition) is 4. The lowest BCUT2D eigenvalue weighted by Crippen LogP contribution is -2.47. The zero-order valence-corrected chi connectivity index (χ0v) is 15.2. The zero-order valence-electron chi connectivity index (χ0n) is 15.2. The fourth-order valence-corrected chi connectivity index (χ4v) is 3.26. The highest BCUT2D eigenvalue weighted by molar-refractivity contribution is 6.03. The van der Waals surface area contributed by atoms with Crippen LogP contribution in [0.2, 0.25) is 0 Å². The number of amides is 2. The van der Waals surface area contributed by atoms with Crippen molar-refractivity contribution in [1.29, 1.82) is 0 Å². The molecule has 1 unspecified atom stereocenters. The molecule has 140 valence electrons. The van der Waals surface area contributed by atoms with Crippen molar-refractivity contribution in [3.8, 4) is 0 Å². The summed E-state index contributed by atoms with van der Waals surface area (Å²) in [5, 5.41) is 6.23. The van der Waals surface area contributed by atoms with Crippen LogP contribution in [0, 0.1) is 0 Å². The molecular weight excluding hydrogens is 352 g/mol. The summed E-state index contributed by atoms with van der Waals surface area (Å²) in [7, 11) is 0. The van der Waals surface area contributed by atoms with E-state index in [4.69, 9.17) is 0 Å². The van der Waals surface area contributed by atoms with Gasteiger partial charge in [0.15, 0.2) is 0 Å². The topological polar surface area (TPSA) is 74.3 Å². The molecule has 4 rings (SSSR count). The summed E-state index contributed by atoms with van der Waals surface area (Å²) < 4.78 is 0. The predicted molar refractivity (Wildman–Crippen MR) is 106 cm³/mol. The van der Waals surface area contributed by atoms with E-state index in [0.717, 1.165) is 16.9 Å². The van der Waals surface area contributed by atoms with Crippen molar-refractivity contribution < 1.29 is 9.59 Å². The highest BCUT2D eigenvalue weighted by atomic mass is 16.2. The molecule has 0 bridgehead atoms. The first-order valence-corrected chi connectivity index (χ1v) is 9.10. The monoisotopic (exact) mass is 372 g/mol. The predicted octanol–water partition coefficient (Wildman–Crippen LogP) is 2.96. The molecule has 0 saturated carbocycles. The quantitative estimate of drug-likeness (QED) is 0.722. The van der Waals surface area contributed by atoms with E-state index < -0.39 is 6.17 Å². The Morgan fingerprint density at radius 3 is 2.54 bits per heavy atom. The average Bonchev–Trinajstić information content (AvgIpc) is 2.75. The molecule has 6 heteroatoms. The third-order valence-electron chi connectivity index (χ3n) is 4.64. The lowest BCUT2D eigenvalue weighted by Gasteiger charge is -2.37. The first-order chi connectivity index (χ1) is 13.7. The van der Waals surface area contributed by atoms with Crippen LogP contribution in [0.4, 0.5) is 5.69 Å². The third kappa shape index (κ3) is 3.71. The first-order valence-electron chi connectivity index (χ1n) is 9.10. The van der Waals surface area contributed by atoms with Crippen LogP contribution in [0.5, 0.6) is 0 Å². The smallest absolute Gasteiger partial charge is 0.258 e. The molecule has 2 N–H and O–H groups in total. The van der Waals surface area contributed by atoms with Gasteiger partial charge >= 0.3 is 0 Å². The number of anilines is 1. The number of para-hydroxylation sites is 1. The molecule has 2 aromatic carbocycles. The van der Waals surface area contributed by atoms with Gasteiger partial charge in [-0.1, -0.05) is 48.5 Å². The number of rotatable bonds is 5. The molecule has 1 atom stereocenters. The second kappa shape index (κ2) is 7.92. The first kappa shape index (κ1) is 17.7. The number of aromatic nitrogens is 1. The van der Waals surface area contributed by atoms with E-state index in [1.54, 1.807) is 17.2 Å². The molecule has 1 aliphatic rings.